The summed E-state index contributed by atoms with van der Waals surface area (Å²) in [5.41, 5.74) is 2.54. The smallest absolute Gasteiger partial charge is 0.328 e. The molecule has 0 saturated heterocycles. The molecule has 0 saturated carbocycles. The summed E-state index contributed by atoms with van der Waals surface area (Å²) in [5, 5.41) is 13.4. The first-order chi connectivity index (χ1) is 8.58. The van der Waals surface area contributed by atoms with Crippen molar-refractivity contribution >= 4 is 23.6 Å². The van der Waals surface area contributed by atoms with E-state index >= 15 is 0 Å². The molecule has 0 bridgehead atoms. The summed E-state index contributed by atoms with van der Waals surface area (Å²) >= 11 is 5.84. The van der Waals surface area contributed by atoms with Crippen molar-refractivity contribution in [1.82, 2.24) is 9.78 Å². The number of hydrogen-bond acceptors (Lipinski definition) is 2. The van der Waals surface area contributed by atoms with Crippen molar-refractivity contribution < 1.29 is 9.90 Å². The van der Waals surface area contributed by atoms with Crippen LogP contribution in [0.2, 0.25) is 5.02 Å². The van der Waals surface area contributed by atoms with E-state index in [-0.39, 0.29) is 0 Å². The molecule has 4 nitrogen and oxygen atoms in total. The molecule has 0 radical (unpaired) electrons. The fourth-order valence-electron chi connectivity index (χ4n) is 1.70. The monoisotopic (exact) mass is 262 g/mol. The van der Waals surface area contributed by atoms with Crippen LogP contribution in [-0.4, -0.2) is 20.9 Å². The van der Waals surface area contributed by atoms with E-state index in [1.54, 1.807) is 23.0 Å². The van der Waals surface area contributed by atoms with Gasteiger partial charge in [0.1, 0.15) is 0 Å². The standard InChI is InChI=1S/C13H11ClN2O2/c1-16-13(9-2-5-11(14)6-3-9)10(8-15-16)4-7-12(17)18/h2-8H,1H3,(H,17,18). The highest BCUT2D eigenvalue weighted by atomic mass is 35.5. The third-order valence-electron chi connectivity index (χ3n) is 2.49. The van der Waals surface area contributed by atoms with Crippen molar-refractivity contribution in [3.63, 3.8) is 0 Å². The van der Waals surface area contributed by atoms with Gasteiger partial charge in [-0.1, -0.05) is 23.7 Å². The van der Waals surface area contributed by atoms with E-state index in [4.69, 9.17) is 16.7 Å². The summed E-state index contributed by atoms with van der Waals surface area (Å²) in [6, 6.07) is 7.32. The van der Waals surface area contributed by atoms with Crippen LogP contribution < -0.4 is 0 Å². The quantitative estimate of drug-likeness (QED) is 0.866. The molecular formula is C13H11ClN2O2. The lowest BCUT2D eigenvalue weighted by molar-refractivity contribution is -0.131. The van der Waals surface area contributed by atoms with Gasteiger partial charge in [0, 0.05) is 29.3 Å². The molecule has 92 valence electrons. The molecule has 0 unspecified atom stereocenters. The van der Waals surface area contributed by atoms with Gasteiger partial charge in [0.05, 0.1) is 11.9 Å². The van der Waals surface area contributed by atoms with Crippen LogP contribution >= 0.6 is 11.6 Å². The Hall–Kier alpha value is -2.07. The zero-order valence-electron chi connectivity index (χ0n) is 9.67. The predicted molar refractivity (Wildman–Crippen MR) is 70.3 cm³/mol. The molecular weight excluding hydrogens is 252 g/mol. The Morgan fingerprint density at radius 3 is 2.67 bits per heavy atom. The van der Waals surface area contributed by atoms with E-state index in [1.807, 2.05) is 19.2 Å². The van der Waals surface area contributed by atoms with Gasteiger partial charge in [-0.25, -0.2) is 4.79 Å². The highest BCUT2D eigenvalue weighted by Crippen LogP contribution is 2.25. The molecule has 1 aromatic carbocycles. The molecule has 2 aromatic rings. The van der Waals surface area contributed by atoms with Crippen molar-refractivity contribution in [1.29, 1.82) is 0 Å². The molecule has 0 fully saturated rings. The first-order valence-corrected chi connectivity index (χ1v) is 5.64. The minimum Gasteiger partial charge on any atom is -0.478 e. The van der Waals surface area contributed by atoms with Gasteiger partial charge >= 0.3 is 5.97 Å². The molecule has 0 aliphatic heterocycles. The van der Waals surface area contributed by atoms with Crippen molar-refractivity contribution in [3.05, 3.63) is 47.1 Å². The van der Waals surface area contributed by atoms with E-state index in [9.17, 15) is 4.79 Å². The molecule has 1 aromatic heterocycles. The Bertz CT molecular complexity index is 600. The second-order valence-electron chi connectivity index (χ2n) is 3.75. The van der Waals surface area contributed by atoms with Crippen molar-refractivity contribution in [2.24, 2.45) is 7.05 Å². The Balaban J connectivity index is 2.46. The number of rotatable bonds is 3. The topological polar surface area (TPSA) is 55.1 Å². The van der Waals surface area contributed by atoms with Crippen LogP contribution in [0.15, 0.2) is 36.5 Å². The fraction of sp³-hybridized carbons (Fsp3) is 0.0769. The normalized spacial score (nSPS) is 11.0. The highest BCUT2D eigenvalue weighted by molar-refractivity contribution is 6.30. The van der Waals surface area contributed by atoms with Crippen LogP contribution in [-0.2, 0) is 11.8 Å². The lowest BCUT2D eigenvalue weighted by Gasteiger charge is -2.04. The Labute approximate surface area is 109 Å². The van der Waals surface area contributed by atoms with Crippen molar-refractivity contribution in [2.75, 3.05) is 0 Å². The summed E-state index contributed by atoms with van der Waals surface area (Å²) < 4.78 is 1.70. The Kier molecular flexibility index (Phi) is 3.48. The lowest BCUT2D eigenvalue weighted by atomic mass is 10.1. The van der Waals surface area contributed by atoms with Gasteiger partial charge in [0.25, 0.3) is 0 Å². The summed E-state index contributed by atoms with van der Waals surface area (Å²) in [5.74, 6) is -0.985. The number of carboxylic acid groups (broad SMARTS) is 1. The number of carboxylic acids is 1. The van der Waals surface area contributed by atoms with Crippen LogP contribution in [0.5, 0.6) is 0 Å². The summed E-state index contributed by atoms with van der Waals surface area (Å²) in [6.07, 6.45) is 4.25. The van der Waals surface area contributed by atoms with E-state index in [0.29, 0.717) is 5.02 Å². The van der Waals surface area contributed by atoms with Crippen LogP contribution in [0.25, 0.3) is 17.3 Å². The molecule has 0 amide bonds. The second-order valence-corrected chi connectivity index (χ2v) is 4.19. The zero-order valence-corrected chi connectivity index (χ0v) is 10.4. The van der Waals surface area contributed by atoms with Crippen LogP contribution in [0.1, 0.15) is 5.56 Å². The maximum atomic E-state index is 10.5. The Morgan fingerprint density at radius 2 is 2.06 bits per heavy atom. The number of nitrogens with zero attached hydrogens (tertiary/aromatic N) is 2. The molecule has 0 aliphatic rings. The first kappa shape index (κ1) is 12.4. The molecule has 5 heteroatoms. The average molecular weight is 263 g/mol. The maximum absolute atomic E-state index is 10.5. The van der Waals surface area contributed by atoms with Crippen molar-refractivity contribution in [2.45, 2.75) is 0 Å². The number of carbonyl (C=O) groups is 1. The number of halogens is 1. The SMILES string of the molecule is Cn1ncc(C=CC(=O)O)c1-c1ccc(Cl)cc1. The zero-order chi connectivity index (χ0) is 13.1. The summed E-state index contributed by atoms with van der Waals surface area (Å²) in [6.45, 7) is 0. The molecule has 1 N–H and O–H groups in total. The number of benzene rings is 1. The summed E-state index contributed by atoms with van der Waals surface area (Å²) in [7, 11) is 1.81. The minimum absolute atomic E-state index is 0.656. The van der Waals surface area contributed by atoms with Gasteiger partial charge in [-0.2, -0.15) is 5.10 Å². The molecule has 0 aliphatic carbocycles. The minimum atomic E-state index is -0.985. The fourth-order valence-corrected chi connectivity index (χ4v) is 1.82. The van der Waals surface area contributed by atoms with Gasteiger partial charge in [-0.3, -0.25) is 4.68 Å². The first-order valence-electron chi connectivity index (χ1n) is 5.27. The maximum Gasteiger partial charge on any atom is 0.328 e. The molecule has 0 spiro atoms. The third-order valence-corrected chi connectivity index (χ3v) is 2.74. The van der Waals surface area contributed by atoms with Gasteiger partial charge in [0.15, 0.2) is 0 Å². The molecule has 0 atom stereocenters. The van der Waals surface area contributed by atoms with Crippen molar-refractivity contribution in [3.8, 4) is 11.3 Å². The number of aromatic nitrogens is 2. The molecule has 2 rings (SSSR count). The number of hydrogen-bond donors (Lipinski definition) is 1. The number of aliphatic carboxylic acids is 1. The van der Waals surface area contributed by atoms with E-state index in [0.717, 1.165) is 22.9 Å². The van der Waals surface area contributed by atoms with E-state index in [1.165, 1.54) is 6.08 Å². The van der Waals surface area contributed by atoms with Gasteiger partial charge in [-0.05, 0) is 18.2 Å². The van der Waals surface area contributed by atoms with Gasteiger partial charge < -0.3 is 5.11 Å². The van der Waals surface area contributed by atoms with E-state index in [2.05, 4.69) is 5.10 Å². The second kappa shape index (κ2) is 5.06. The van der Waals surface area contributed by atoms with E-state index < -0.39 is 5.97 Å². The van der Waals surface area contributed by atoms with Crippen LogP contribution in [0.4, 0.5) is 0 Å². The largest absolute Gasteiger partial charge is 0.478 e. The lowest BCUT2D eigenvalue weighted by Crippen LogP contribution is -1.94. The van der Waals surface area contributed by atoms with Crippen LogP contribution in [0.3, 0.4) is 0 Å². The highest BCUT2D eigenvalue weighted by Gasteiger charge is 2.08. The number of aryl methyl sites for hydroxylation is 1. The summed E-state index contributed by atoms with van der Waals surface area (Å²) in [4.78, 5) is 10.5. The van der Waals surface area contributed by atoms with Crippen LogP contribution in [0, 0.1) is 0 Å². The Morgan fingerprint density at radius 1 is 1.39 bits per heavy atom. The van der Waals surface area contributed by atoms with Gasteiger partial charge in [-0.15, -0.1) is 0 Å². The predicted octanol–water partition coefficient (Wildman–Crippen LogP) is 2.84. The van der Waals surface area contributed by atoms with Gasteiger partial charge in [0.2, 0.25) is 0 Å². The molecule has 18 heavy (non-hydrogen) atoms. The average Bonchev–Trinajstić information content (AvgIpc) is 2.69. The molecule has 1 heterocycles. The third kappa shape index (κ3) is 2.60.